The van der Waals surface area contributed by atoms with Crippen molar-refractivity contribution in [3.8, 4) is 5.75 Å². The van der Waals surface area contributed by atoms with E-state index in [4.69, 9.17) is 9.47 Å². The number of methoxy groups -OCH3 is 1. The fourth-order valence-corrected chi connectivity index (χ4v) is 4.31. The second kappa shape index (κ2) is 6.65. The van der Waals surface area contributed by atoms with Crippen LogP contribution in [0.5, 0.6) is 5.75 Å². The Kier molecular flexibility index (Phi) is 4.97. The molecular weight excluding hydrogens is 422 g/mol. The summed E-state index contributed by atoms with van der Waals surface area (Å²) in [7, 11) is 1.50. The van der Waals surface area contributed by atoms with Crippen molar-refractivity contribution in [2.24, 2.45) is 0 Å². The lowest BCUT2D eigenvalue weighted by atomic mass is 9.75. The molecule has 1 aromatic rings. The number of aliphatic hydroxyl groups is 1. The molecule has 28 heavy (non-hydrogen) atoms. The Labute approximate surface area is 176 Å². The van der Waals surface area contributed by atoms with E-state index in [2.05, 4.69) is 19.2 Å². The molecule has 1 aromatic carbocycles. The minimum Gasteiger partial charge on any atom is -0.508 e. The zero-order valence-electron chi connectivity index (χ0n) is 16.9. The molecule has 0 aromatic heterocycles. The SMILES string of the molecule is Br.COC1(O)C=C2CC(C)(C)NC(c3ccc(O)cc3)=C2C2=C1OC(C)(C)C2. The van der Waals surface area contributed by atoms with Crippen LogP contribution in [-0.4, -0.2) is 34.2 Å². The van der Waals surface area contributed by atoms with Gasteiger partial charge < -0.3 is 25.0 Å². The monoisotopic (exact) mass is 449 g/mol. The number of phenolic OH excluding ortho intramolecular Hbond substituents is 1. The number of ether oxygens (including phenoxy) is 2. The third-order valence-corrected chi connectivity index (χ3v) is 5.39. The van der Waals surface area contributed by atoms with Crippen LogP contribution in [0.1, 0.15) is 46.1 Å². The Morgan fingerprint density at radius 2 is 1.71 bits per heavy atom. The summed E-state index contributed by atoms with van der Waals surface area (Å²) in [5.41, 5.74) is 4.47. The number of fused-ring (bicyclic) bond motifs is 2. The summed E-state index contributed by atoms with van der Waals surface area (Å²) < 4.78 is 11.6. The molecule has 0 fully saturated rings. The molecule has 152 valence electrons. The average molecular weight is 450 g/mol. The summed E-state index contributed by atoms with van der Waals surface area (Å²) in [5, 5.41) is 24.5. The van der Waals surface area contributed by atoms with Crippen molar-refractivity contribution in [1.29, 1.82) is 0 Å². The molecule has 4 rings (SSSR count). The summed E-state index contributed by atoms with van der Waals surface area (Å²) in [6.07, 6.45) is 3.22. The van der Waals surface area contributed by atoms with Gasteiger partial charge in [-0.3, -0.25) is 0 Å². The van der Waals surface area contributed by atoms with Crippen LogP contribution < -0.4 is 5.32 Å². The summed E-state index contributed by atoms with van der Waals surface area (Å²) in [4.78, 5) is 0. The second-order valence-corrected chi connectivity index (χ2v) is 8.90. The van der Waals surface area contributed by atoms with Gasteiger partial charge in [-0.25, -0.2) is 0 Å². The van der Waals surface area contributed by atoms with Crippen LogP contribution in [0, 0.1) is 0 Å². The highest BCUT2D eigenvalue weighted by molar-refractivity contribution is 8.93. The number of hydrogen-bond acceptors (Lipinski definition) is 5. The zero-order valence-corrected chi connectivity index (χ0v) is 18.6. The van der Waals surface area contributed by atoms with E-state index >= 15 is 0 Å². The number of benzene rings is 1. The molecule has 6 heteroatoms. The summed E-state index contributed by atoms with van der Waals surface area (Å²) in [6, 6.07) is 7.19. The smallest absolute Gasteiger partial charge is 0.246 e. The molecule has 5 nitrogen and oxygen atoms in total. The van der Waals surface area contributed by atoms with Crippen molar-refractivity contribution in [1.82, 2.24) is 5.32 Å². The van der Waals surface area contributed by atoms with Gasteiger partial charge in [-0.2, -0.15) is 0 Å². The molecule has 0 amide bonds. The van der Waals surface area contributed by atoms with Crippen molar-refractivity contribution in [3.63, 3.8) is 0 Å². The van der Waals surface area contributed by atoms with E-state index in [1.54, 1.807) is 18.2 Å². The molecule has 1 atom stereocenters. The van der Waals surface area contributed by atoms with Gasteiger partial charge in [0.1, 0.15) is 11.4 Å². The van der Waals surface area contributed by atoms with E-state index in [9.17, 15) is 10.2 Å². The topological polar surface area (TPSA) is 71.0 Å². The van der Waals surface area contributed by atoms with E-state index < -0.39 is 11.4 Å². The summed E-state index contributed by atoms with van der Waals surface area (Å²) in [5.74, 6) is -0.834. The molecule has 3 N–H and O–H groups in total. The first kappa shape index (κ1) is 21.0. The standard InChI is InChI=1S/C22H27NO4.BrH/c1-20(2)10-14-11-22(25,26-5)19-16(12-21(3,4)27-19)17(14)18(23-20)13-6-8-15(24)9-7-13;/h6-9,11,23-25H,10,12H2,1-5H3;1H. The lowest BCUT2D eigenvalue weighted by Gasteiger charge is -2.41. The first-order valence-electron chi connectivity index (χ1n) is 9.28. The number of halogens is 1. The fourth-order valence-electron chi connectivity index (χ4n) is 4.31. The lowest BCUT2D eigenvalue weighted by Crippen LogP contribution is -2.45. The third-order valence-electron chi connectivity index (χ3n) is 5.39. The summed E-state index contributed by atoms with van der Waals surface area (Å²) in [6.45, 7) is 8.30. The number of nitrogens with one attached hydrogen (secondary N) is 1. The zero-order chi connectivity index (χ0) is 19.6. The molecular formula is C22H28BrNO4. The van der Waals surface area contributed by atoms with Crippen molar-refractivity contribution in [3.05, 3.63) is 58.4 Å². The van der Waals surface area contributed by atoms with Gasteiger partial charge in [0.15, 0.2) is 5.76 Å². The summed E-state index contributed by atoms with van der Waals surface area (Å²) >= 11 is 0. The molecule has 0 saturated heterocycles. The van der Waals surface area contributed by atoms with E-state index in [1.807, 2.05) is 26.0 Å². The average Bonchev–Trinajstić information content (AvgIpc) is 2.90. The highest BCUT2D eigenvalue weighted by atomic mass is 79.9. The van der Waals surface area contributed by atoms with E-state index in [1.165, 1.54) is 7.11 Å². The largest absolute Gasteiger partial charge is 0.508 e. The number of phenols is 1. The molecule has 1 aliphatic carbocycles. The molecule has 0 radical (unpaired) electrons. The van der Waals surface area contributed by atoms with Crippen LogP contribution in [0.2, 0.25) is 0 Å². The Morgan fingerprint density at radius 3 is 2.32 bits per heavy atom. The first-order chi connectivity index (χ1) is 12.5. The van der Waals surface area contributed by atoms with Gasteiger partial charge in [-0.1, -0.05) is 0 Å². The predicted octanol–water partition coefficient (Wildman–Crippen LogP) is 4.18. The van der Waals surface area contributed by atoms with Crippen molar-refractivity contribution in [2.45, 2.75) is 57.5 Å². The van der Waals surface area contributed by atoms with Crippen LogP contribution in [-0.2, 0) is 9.47 Å². The van der Waals surface area contributed by atoms with Gasteiger partial charge in [-0.15, -0.1) is 17.0 Å². The van der Waals surface area contributed by atoms with Gasteiger partial charge in [-0.05, 0) is 75.6 Å². The fraction of sp³-hybridized carbons (Fsp3) is 0.455. The van der Waals surface area contributed by atoms with Crippen LogP contribution in [0.15, 0.2) is 52.8 Å². The molecule has 2 aliphatic heterocycles. The van der Waals surface area contributed by atoms with E-state index in [0.29, 0.717) is 12.2 Å². The molecule has 0 bridgehead atoms. The number of hydrogen-bond donors (Lipinski definition) is 3. The van der Waals surface area contributed by atoms with Gasteiger partial charge in [0.25, 0.3) is 0 Å². The number of rotatable bonds is 2. The maximum absolute atomic E-state index is 11.1. The second-order valence-electron chi connectivity index (χ2n) is 8.90. The number of allylic oxidation sites excluding steroid dienone is 1. The quantitative estimate of drug-likeness (QED) is 0.590. The Balaban J connectivity index is 0.00000225. The molecule has 2 heterocycles. The van der Waals surface area contributed by atoms with Crippen LogP contribution >= 0.6 is 17.0 Å². The lowest BCUT2D eigenvalue weighted by molar-refractivity contribution is -0.157. The van der Waals surface area contributed by atoms with Gasteiger partial charge >= 0.3 is 0 Å². The maximum Gasteiger partial charge on any atom is 0.246 e. The minimum atomic E-state index is -1.55. The Bertz CT molecular complexity index is 896. The molecule has 3 aliphatic rings. The third kappa shape index (κ3) is 3.38. The Morgan fingerprint density at radius 1 is 1.07 bits per heavy atom. The van der Waals surface area contributed by atoms with Gasteiger partial charge in [0.2, 0.25) is 5.79 Å². The van der Waals surface area contributed by atoms with Crippen LogP contribution in [0.4, 0.5) is 0 Å². The van der Waals surface area contributed by atoms with Crippen molar-refractivity contribution < 1.29 is 19.7 Å². The highest BCUT2D eigenvalue weighted by Gasteiger charge is 2.50. The van der Waals surface area contributed by atoms with Crippen LogP contribution in [0.3, 0.4) is 0 Å². The van der Waals surface area contributed by atoms with Crippen molar-refractivity contribution in [2.75, 3.05) is 7.11 Å². The molecule has 0 spiro atoms. The Hall–Kier alpha value is -1.76. The van der Waals surface area contributed by atoms with E-state index in [-0.39, 0.29) is 28.3 Å². The van der Waals surface area contributed by atoms with Crippen LogP contribution in [0.25, 0.3) is 5.70 Å². The molecule has 0 saturated carbocycles. The highest BCUT2D eigenvalue weighted by Crippen LogP contribution is 2.52. The first-order valence-corrected chi connectivity index (χ1v) is 9.28. The van der Waals surface area contributed by atoms with Gasteiger partial charge in [0.05, 0.1) is 0 Å². The van der Waals surface area contributed by atoms with E-state index in [0.717, 1.165) is 34.4 Å². The predicted molar refractivity (Wildman–Crippen MR) is 114 cm³/mol. The molecule has 1 unspecified atom stereocenters. The van der Waals surface area contributed by atoms with Crippen molar-refractivity contribution >= 4 is 22.7 Å². The minimum absolute atomic E-state index is 0. The maximum atomic E-state index is 11.1. The number of aromatic hydroxyl groups is 1. The van der Waals surface area contributed by atoms with Gasteiger partial charge in [0, 0.05) is 35.9 Å². The normalized spacial score (nSPS) is 27.1.